The Morgan fingerprint density at radius 3 is 2.47 bits per heavy atom. The average molecular weight is 234 g/mol. The molecule has 1 heterocycles. The molecule has 3 nitrogen and oxygen atoms in total. The monoisotopic (exact) mass is 234 g/mol. The van der Waals surface area contributed by atoms with E-state index in [4.69, 9.17) is 4.74 Å². The van der Waals surface area contributed by atoms with E-state index in [0.717, 1.165) is 38.3 Å². The van der Waals surface area contributed by atoms with Gasteiger partial charge in [0.25, 0.3) is 0 Å². The van der Waals surface area contributed by atoms with Gasteiger partial charge >= 0.3 is 0 Å². The number of rotatable bonds is 3. The lowest BCUT2D eigenvalue weighted by molar-refractivity contribution is 0.312. The molecule has 0 aliphatic carbocycles. The van der Waals surface area contributed by atoms with Crippen molar-refractivity contribution in [1.29, 1.82) is 0 Å². The second kappa shape index (κ2) is 5.41. The predicted molar refractivity (Wildman–Crippen MR) is 72.1 cm³/mol. The Morgan fingerprint density at radius 1 is 1.18 bits per heavy atom. The van der Waals surface area contributed by atoms with Crippen LogP contribution in [0.3, 0.4) is 0 Å². The summed E-state index contributed by atoms with van der Waals surface area (Å²) in [5.74, 6) is 1.02. The topological polar surface area (TPSA) is 15.7 Å². The lowest BCUT2D eigenvalue weighted by Gasteiger charge is -2.34. The van der Waals surface area contributed by atoms with Crippen LogP contribution in [0.15, 0.2) is 18.2 Å². The molecule has 3 heteroatoms. The summed E-state index contributed by atoms with van der Waals surface area (Å²) in [6.45, 7) is 6.64. The van der Waals surface area contributed by atoms with Crippen LogP contribution in [0.5, 0.6) is 5.75 Å². The number of aryl methyl sites for hydroxylation is 1. The smallest absolute Gasteiger partial charge is 0.124 e. The van der Waals surface area contributed by atoms with Gasteiger partial charge in [0.05, 0.1) is 7.11 Å². The van der Waals surface area contributed by atoms with E-state index in [1.807, 2.05) is 0 Å². The molecule has 17 heavy (non-hydrogen) atoms. The van der Waals surface area contributed by atoms with Crippen molar-refractivity contribution in [3.05, 3.63) is 23.8 Å². The molecular formula is C14H22N2O. The van der Waals surface area contributed by atoms with Gasteiger partial charge in [-0.3, -0.25) is 0 Å². The lowest BCUT2D eigenvalue weighted by Crippen LogP contribution is -2.44. The Labute approximate surface area is 104 Å². The summed E-state index contributed by atoms with van der Waals surface area (Å²) in [4.78, 5) is 4.80. The Kier molecular flexibility index (Phi) is 3.89. The standard InChI is InChI=1S/C14H22N2O/c1-4-12-5-6-13(11-14(12)17-3)16-9-7-15(2)8-10-16/h5-6,11H,4,7-10H2,1-3H3. The highest BCUT2D eigenvalue weighted by atomic mass is 16.5. The molecule has 0 atom stereocenters. The van der Waals surface area contributed by atoms with E-state index < -0.39 is 0 Å². The molecule has 0 saturated carbocycles. The van der Waals surface area contributed by atoms with Crippen molar-refractivity contribution in [2.45, 2.75) is 13.3 Å². The Balaban J connectivity index is 2.16. The van der Waals surface area contributed by atoms with E-state index in [1.165, 1.54) is 11.3 Å². The van der Waals surface area contributed by atoms with Gasteiger partial charge in [0, 0.05) is 37.9 Å². The zero-order chi connectivity index (χ0) is 12.3. The number of likely N-dealkylation sites (N-methyl/N-ethyl adjacent to an activating group) is 1. The minimum Gasteiger partial charge on any atom is -0.496 e. The van der Waals surface area contributed by atoms with Crippen LogP contribution in [-0.4, -0.2) is 45.2 Å². The zero-order valence-electron chi connectivity index (χ0n) is 11.1. The third-order valence-corrected chi connectivity index (χ3v) is 3.52. The maximum absolute atomic E-state index is 5.45. The largest absolute Gasteiger partial charge is 0.496 e. The van der Waals surface area contributed by atoms with Gasteiger partial charge in [-0.1, -0.05) is 13.0 Å². The summed E-state index contributed by atoms with van der Waals surface area (Å²) in [6, 6.07) is 6.57. The van der Waals surface area contributed by atoms with E-state index >= 15 is 0 Å². The van der Waals surface area contributed by atoms with Crippen molar-refractivity contribution in [1.82, 2.24) is 4.90 Å². The van der Waals surface area contributed by atoms with E-state index in [2.05, 4.69) is 42.0 Å². The van der Waals surface area contributed by atoms with Crippen molar-refractivity contribution in [2.24, 2.45) is 0 Å². The number of ether oxygens (including phenoxy) is 1. The number of piperazine rings is 1. The first kappa shape index (κ1) is 12.2. The summed E-state index contributed by atoms with van der Waals surface area (Å²) >= 11 is 0. The van der Waals surface area contributed by atoms with E-state index in [0.29, 0.717) is 0 Å². The summed E-state index contributed by atoms with van der Waals surface area (Å²) in [7, 11) is 3.93. The van der Waals surface area contributed by atoms with Gasteiger partial charge in [0.15, 0.2) is 0 Å². The third-order valence-electron chi connectivity index (χ3n) is 3.52. The van der Waals surface area contributed by atoms with Gasteiger partial charge < -0.3 is 14.5 Å². The van der Waals surface area contributed by atoms with Gasteiger partial charge in [0.2, 0.25) is 0 Å². The minimum atomic E-state index is 1.02. The van der Waals surface area contributed by atoms with Crippen LogP contribution in [0.25, 0.3) is 0 Å². The lowest BCUT2D eigenvalue weighted by atomic mass is 10.1. The third kappa shape index (κ3) is 2.72. The van der Waals surface area contributed by atoms with Crippen LogP contribution < -0.4 is 9.64 Å². The van der Waals surface area contributed by atoms with Crippen LogP contribution in [0.4, 0.5) is 5.69 Å². The number of benzene rings is 1. The molecule has 0 radical (unpaired) electrons. The quantitative estimate of drug-likeness (QED) is 0.795. The van der Waals surface area contributed by atoms with Crippen LogP contribution >= 0.6 is 0 Å². The van der Waals surface area contributed by atoms with Crippen molar-refractivity contribution in [2.75, 3.05) is 45.2 Å². The van der Waals surface area contributed by atoms with Gasteiger partial charge in [-0.2, -0.15) is 0 Å². The SMILES string of the molecule is CCc1ccc(N2CCN(C)CC2)cc1OC. The maximum Gasteiger partial charge on any atom is 0.124 e. The number of hydrogen-bond acceptors (Lipinski definition) is 3. The molecule has 1 aliphatic heterocycles. The molecule has 1 aliphatic rings. The molecule has 0 spiro atoms. The van der Waals surface area contributed by atoms with Crippen LogP contribution in [0.1, 0.15) is 12.5 Å². The van der Waals surface area contributed by atoms with Gasteiger partial charge in [-0.05, 0) is 25.1 Å². The fourth-order valence-corrected chi connectivity index (χ4v) is 2.29. The number of hydrogen-bond donors (Lipinski definition) is 0. The van der Waals surface area contributed by atoms with Crippen LogP contribution in [0.2, 0.25) is 0 Å². The van der Waals surface area contributed by atoms with E-state index in [1.54, 1.807) is 7.11 Å². The number of methoxy groups -OCH3 is 1. The Morgan fingerprint density at radius 2 is 1.88 bits per heavy atom. The first-order chi connectivity index (χ1) is 8.24. The Bertz CT molecular complexity index is 370. The molecular weight excluding hydrogens is 212 g/mol. The zero-order valence-corrected chi connectivity index (χ0v) is 11.1. The minimum absolute atomic E-state index is 1.02. The first-order valence-corrected chi connectivity index (χ1v) is 6.35. The molecule has 1 aromatic rings. The highest BCUT2D eigenvalue weighted by Crippen LogP contribution is 2.26. The maximum atomic E-state index is 5.45. The molecule has 1 aromatic carbocycles. The summed E-state index contributed by atoms with van der Waals surface area (Å²) in [5.41, 5.74) is 2.57. The highest BCUT2D eigenvalue weighted by Gasteiger charge is 2.15. The van der Waals surface area contributed by atoms with Gasteiger partial charge in [-0.25, -0.2) is 0 Å². The molecule has 0 N–H and O–H groups in total. The average Bonchev–Trinajstić information content (AvgIpc) is 2.39. The van der Waals surface area contributed by atoms with Gasteiger partial charge in [0.1, 0.15) is 5.75 Å². The molecule has 94 valence electrons. The molecule has 0 unspecified atom stereocenters. The number of anilines is 1. The van der Waals surface area contributed by atoms with E-state index in [-0.39, 0.29) is 0 Å². The predicted octanol–water partition coefficient (Wildman–Crippen LogP) is 2.01. The van der Waals surface area contributed by atoms with Crippen LogP contribution in [-0.2, 0) is 6.42 Å². The summed E-state index contributed by atoms with van der Waals surface area (Å²) < 4.78 is 5.45. The first-order valence-electron chi connectivity index (χ1n) is 6.35. The van der Waals surface area contributed by atoms with Crippen molar-refractivity contribution in [3.8, 4) is 5.75 Å². The van der Waals surface area contributed by atoms with Gasteiger partial charge in [-0.15, -0.1) is 0 Å². The summed E-state index contributed by atoms with van der Waals surface area (Å²) in [6.07, 6.45) is 1.02. The normalized spacial score (nSPS) is 17.2. The van der Waals surface area contributed by atoms with Crippen molar-refractivity contribution >= 4 is 5.69 Å². The molecule has 0 bridgehead atoms. The second-order valence-electron chi connectivity index (χ2n) is 4.64. The number of nitrogens with zero attached hydrogens (tertiary/aromatic N) is 2. The highest BCUT2D eigenvalue weighted by molar-refractivity contribution is 5.54. The molecule has 1 saturated heterocycles. The molecule has 2 rings (SSSR count). The van der Waals surface area contributed by atoms with E-state index in [9.17, 15) is 0 Å². The second-order valence-corrected chi connectivity index (χ2v) is 4.64. The van der Waals surface area contributed by atoms with Crippen LogP contribution in [0, 0.1) is 0 Å². The van der Waals surface area contributed by atoms with Crippen molar-refractivity contribution < 1.29 is 4.74 Å². The van der Waals surface area contributed by atoms with Crippen molar-refractivity contribution in [3.63, 3.8) is 0 Å². The molecule has 0 amide bonds. The Hall–Kier alpha value is -1.22. The fraction of sp³-hybridized carbons (Fsp3) is 0.571. The summed E-state index contributed by atoms with van der Waals surface area (Å²) in [5, 5.41) is 0. The molecule has 1 fully saturated rings. The fourth-order valence-electron chi connectivity index (χ4n) is 2.29. The molecule has 0 aromatic heterocycles.